The molecule has 1 N–H and O–H groups in total. The fraction of sp³-hybridized carbons (Fsp3) is 0.231. The average molecular weight is 431 g/mol. The van der Waals surface area contributed by atoms with Crippen molar-refractivity contribution in [2.75, 3.05) is 18.0 Å². The molecule has 1 aliphatic rings. The Morgan fingerprint density at radius 1 is 1.00 bits per heavy atom. The van der Waals surface area contributed by atoms with Crippen LogP contribution in [0.5, 0.6) is 0 Å². The zero-order chi connectivity index (χ0) is 21.8. The van der Waals surface area contributed by atoms with Crippen LogP contribution in [0, 0.1) is 12.5 Å². The van der Waals surface area contributed by atoms with Gasteiger partial charge in [0.25, 0.3) is 6.04 Å². The molecule has 31 heavy (non-hydrogen) atoms. The molecule has 0 saturated carbocycles. The minimum atomic E-state index is -0.912. The van der Waals surface area contributed by atoms with Gasteiger partial charge in [0.05, 0.1) is 5.56 Å². The number of hydrogen-bond donors (Lipinski definition) is 1. The summed E-state index contributed by atoms with van der Waals surface area (Å²) >= 11 is 6.06. The van der Waals surface area contributed by atoms with Crippen LogP contribution in [-0.4, -0.2) is 24.2 Å². The zero-order valence-corrected chi connectivity index (χ0v) is 17.8. The number of carbonyl (C=O) groups is 1. The fourth-order valence-electron chi connectivity index (χ4n) is 4.36. The Bertz CT molecular complexity index is 1100. The first-order chi connectivity index (χ1) is 15.1. The monoisotopic (exact) mass is 430 g/mol. The van der Waals surface area contributed by atoms with Crippen LogP contribution in [0.3, 0.4) is 0 Å². The van der Waals surface area contributed by atoms with Gasteiger partial charge in [-0.05, 0) is 60.4 Å². The third-order valence-electron chi connectivity index (χ3n) is 6.04. The van der Waals surface area contributed by atoms with Gasteiger partial charge in [0.1, 0.15) is 0 Å². The van der Waals surface area contributed by atoms with Gasteiger partial charge in [-0.15, -0.1) is 0 Å². The molecule has 156 valence electrons. The maximum absolute atomic E-state index is 11.1. The number of anilines is 1. The van der Waals surface area contributed by atoms with Crippen molar-refractivity contribution < 1.29 is 9.90 Å². The number of halogens is 1. The lowest BCUT2D eigenvalue weighted by atomic mass is 9.83. The maximum Gasteiger partial charge on any atom is 0.335 e. The standard InChI is InChI=1S/C26H23ClN2O2/c1-28-25(24-5-3-2-4-23(24)18-6-10-21(27)11-7-18)19-14-16-29(17-15-19)22-12-8-20(9-13-22)26(30)31/h2-13,19,25H,14-17H2,(H,30,31)/t25-/m0/s1. The molecule has 3 aromatic carbocycles. The van der Waals surface area contributed by atoms with Crippen LogP contribution in [0.1, 0.15) is 34.8 Å². The van der Waals surface area contributed by atoms with E-state index in [1.807, 2.05) is 48.5 Å². The van der Waals surface area contributed by atoms with Crippen molar-refractivity contribution >= 4 is 23.3 Å². The predicted molar refractivity (Wildman–Crippen MR) is 125 cm³/mol. The van der Waals surface area contributed by atoms with Gasteiger partial charge in [-0.1, -0.05) is 48.0 Å². The van der Waals surface area contributed by atoms with Crippen molar-refractivity contribution in [2.45, 2.75) is 18.9 Å². The van der Waals surface area contributed by atoms with Crippen LogP contribution in [-0.2, 0) is 0 Å². The highest BCUT2D eigenvalue weighted by atomic mass is 35.5. The molecule has 1 heterocycles. The van der Waals surface area contributed by atoms with E-state index >= 15 is 0 Å². The molecule has 3 aromatic rings. The second-order valence-electron chi connectivity index (χ2n) is 7.84. The Hall–Kier alpha value is -3.29. The molecule has 1 atom stereocenters. The van der Waals surface area contributed by atoms with Gasteiger partial charge < -0.3 is 14.9 Å². The largest absolute Gasteiger partial charge is 0.478 e. The van der Waals surface area contributed by atoms with Crippen molar-refractivity contribution in [2.24, 2.45) is 5.92 Å². The molecule has 1 saturated heterocycles. The molecule has 1 fully saturated rings. The van der Waals surface area contributed by atoms with E-state index in [2.05, 4.69) is 21.9 Å². The summed E-state index contributed by atoms with van der Waals surface area (Å²) in [5, 5.41) is 9.79. The van der Waals surface area contributed by atoms with Gasteiger partial charge in [-0.25, -0.2) is 11.4 Å². The molecule has 0 aliphatic carbocycles. The van der Waals surface area contributed by atoms with Gasteiger partial charge in [0, 0.05) is 35.3 Å². The Labute approximate surface area is 187 Å². The summed E-state index contributed by atoms with van der Waals surface area (Å²) in [6.45, 7) is 9.65. The Morgan fingerprint density at radius 3 is 2.26 bits per heavy atom. The van der Waals surface area contributed by atoms with Gasteiger partial charge in [0.15, 0.2) is 0 Å². The molecule has 5 heteroatoms. The van der Waals surface area contributed by atoms with Crippen LogP contribution in [0.25, 0.3) is 16.0 Å². The topological polar surface area (TPSA) is 44.9 Å². The first-order valence-corrected chi connectivity index (χ1v) is 10.7. The smallest absolute Gasteiger partial charge is 0.335 e. The van der Waals surface area contributed by atoms with Gasteiger partial charge in [-0.2, -0.15) is 0 Å². The summed E-state index contributed by atoms with van der Waals surface area (Å²) in [5.41, 5.74) is 4.57. The van der Waals surface area contributed by atoms with Crippen LogP contribution < -0.4 is 4.90 Å². The van der Waals surface area contributed by atoms with E-state index in [1.165, 1.54) is 0 Å². The fourth-order valence-corrected chi connectivity index (χ4v) is 4.49. The van der Waals surface area contributed by atoms with Crippen LogP contribution in [0.15, 0.2) is 72.8 Å². The molecule has 4 nitrogen and oxygen atoms in total. The zero-order valence-electron chi connectivity index (χ0n) is 17.0. The van der Waals surface area contributed by atoms with Gasteiger partial charge in [0.2, 0.25) is 0 Å². The van der Waals surface area contributed by atoms with Crippen LogP contribution in [0.4, 0.5) is 5.69 Å². The number of rotatable bonds is 5. The van der Waals surface area contributed by atoms with E-state index in [9.17, 15) is 4.79 Å². The molecular weight excluding hydrogens is 408 g/mol. The summed E-state index contributed by atoms with van der Waals surface area (Å²) < 4.78 is 0. The Morgan fingerprint density at radius 2 is 1.65 bits per heavy atom. The van der Waals surface area contributed by atoms with E-state index in [4.69, 9.17) is 23.3 Å². The second kappa shape index (κ2) is 9.24. The summed E-state index contributed by atoms with van der Waals surface area (Å²) in [6, 6.07) is 22.8. The molecule has 0 spiro atoms. The lowest BCUT2D eigenvalue weighted by Crippen LogP contribution is -2.35. The number of hydrogen-bond acceptors (Lipinski definition) is 2. The third-order valence-corrected chi connectivity index (χ3v) is 6.29. The van der Waals surface area contributed by atoms with E-state index in [0.29, 0.717) is 10.6 Å². The van der Waals surface area contributed by atoms with E-state index in [0.717, 1.165) is 48.3 Å². The van der Waals surface area contributed by atoms with Gasteiger partial charge in [-0.3, -0.25) is 0 Å². The summed E-state index contributed by atoms with van der Waals surface area (Å²) in [7, 11) is 0. The Kier molecular flexibility index (Phi) is 6.25. The van der Waals surface area contributed by atoms with E-state index in [-0.39, 0.29) is 12.0 Å². The van der Waals surface area contributed by atoms with E-state index in [1.54, 1.807) is 12.1 Å². The van der Waals surface area contributed by atoms with Crippen molar-refractivity contribution in [3.05, 3.63) is 100 Å². The Balaban J connectivity index is 1.51. The van der Waals surface area contributed by atoms with Crippen LogP contribution >= 0.6 is 11.6 Å². The summed E-state index contributed by atoms with van der Waals surface area (Å²) in [4.78, 5) is 17.4. The van der Waals surface area contributed by atoms with Crippen molar-refractivity contribution in [1.29, 1.82) is 0 Å². The van der Waals surface area contributed by atoms with Crippen LogP contribution in [0.2, 0.25) is 5.02 Å². The molecule has 0 amide bonds. The minimum absolute atomic E-state index is 0.191. The molecule has 0 bridgehead atoms. The first kappa shape index (κ1) is 21.0. The minimum Gasteiger partial charge on any atom is -0.478 e. The second-order valence-corrected chi connectivity index (χ2v) is 8.28. The molecule has 4 rings (SSSR count). The number of carboxylic acid groups (broad SMARTS) is 1. The number of piperidine rings is 1. The quantitative estimate of drug-likeness (QED) is 0.465. The first-order valence-electron chi connectivity index (χ1n) is 10.4. The summed E-state index contributed by atoms with van der Waals surface area (Å²) in [5.74, 6) is -0.634. The number of nitrogens with zero attached hydrogens (tertiary/aromatic N) is 2. The van der Waals surface area contributed by atoms with E-state index < -0.39 is 5.97 Å². The average Bonchev–Trinajstić information content (AvgIpc) is 2.81. The van der Waals surface area contributed by atoms with Crippen molar-refractivity contribution in [3.63, 3.8) is 0 Å². The van der Waals surface area contributed by atoms with Gasteiger partial charge >= 0.3 is 5.97 Å². The highest BCUT2D eigenvalue weighted by molar-refractivity contribution is 6.30. The highest BCUT2D eigenvalue weighted by Gasteiger charge is 2.33. The molecule has 1 aliphatic heterocycles. The highest BCUT2D eigenvalue weighted by Crippen LogP contribution is 2.39. The molecule has 0 unspecified atom stereocenters. The van der Waals surface area contributed by atoms with Crippen molar-refractivity contribution in [1.82, 2.24) is 0 Å². The number of carboxylic acids is 1. The summed E-state index contributed by atoms with van der Waals surface area (Å²) in [6.07, 6.45) is 1.84. The maximum atomic E-state index is 11.1. The third kappa shape index (κ3) is 4.57. The molecule has 0 aromatic heterocycles. The number of aromatic carboxylic acids is 1. The normalized spacial score (nSPS) is 15.3. The molecular formula is C26H23ClN2O2. The lowest BCUT2D eigenvalue weighted by molar-refractivity contribution is 0.0697. The van der Waals surface area contributed by atoms with Crippen molar-refractivity contribution in [3.8, 4) is 11.1 Å². The molecule has 0 radical (unpaired) electrons. The lowest BCUT2D eigenvalue weighted by Gasteiger charge is -2.34. The number of benzene rings is 3. The SMILES string of the molecule is [C-]#[N+][C@H](c1ccccc1-c1ccc(Cl)cc1)C1CCN(c2ccc(C(=O)O)cc2)CC1. The predicted octanol–water partition coefficient (Wildman–Crippen LogP) is 6.58.